The van der Waals surface area contributed by atoms with E-state index >= 15 is 0 Å². The normalized spacial score (nSPS) is 12.3. The van der Waals surface area contributed by atoms with E-state index in [2.05, 4.69) is 14.2 Å². The number of esters is 2. The van der Waals surface area contributed by atoms with Crippen LogP contribution in [0.4, 0.5) is 26.3 Å². The van der Waals surface area contributed by atoms with E-state index in [0.29, 0.717) is 0 Å². The Morgan fingerprint density at radius 1 is 0.737 bits per heavy atom. The minimum Gasteiger partial charge on any atom is -0.393 e. The second kappa shape index (κ2) is 7.28. The van der Waals surface area contributed by atoms with Crippen molar-refractivity contribution in [1.82, 2.24) is 0 Å². The fraction of sp³-hybridized carbons (Fsp3) is 0.750. The summed E-state index contributed by atoms with van der Waals surface area (Å²) in [5.41, 5.74) is 0. The van der Waals surface area contributed by atoms with Crippen LogP contribution in [0.1, 0.15) is 12.8 Å². The van der Waals surface area contributed by atoms with Crippen LogP contribution in [0.5, 0.6) is 0 Å². The van der Waals surface area contributed by atoms with Gasteiger partial charge in [-0.3, -0.25) is 19.1 Å². The van der Waals surface area contributed by atoms with Crippen molar-refractivity contribution in [3.8, 4) is 0 Å². The molecular weight excluding hydrogens is 290 g/mol. The maximum atomic E-state index is 11.5. The van der Waals surface area contributed by atoms with E-state index in [1.54, 1.807) is 0 Å². The van der Waals surface area contributed by atoms with Crippen LogP contribution in [-0.2, 0) is 23.8 Å². The summed E-state index contributed by atoms with van der Waals surface area (Å²) in [7, 11) is 0. The van der Waals surface area contributed by atoms with E-state index in [4.69, 9.17) is 0 Å². The Bertz CT molecular complexity index is 280. The predicted octanol–water partition coefficient (Wildman–Crippen LogP) is 1.91. The molecule has 0 saturated carbocycles. The lowest BCUT2D eigenvalue weighted by Crippen LogP contribution is -2.21. The molecule has 19 heavy (non-hydrogen) atoms. The van der Waals surface area contributed by atoms with Gasteiger partial charge in [-0.05, 0) is 0 Å². The van der Waals surface area contributed by atoms with E-state index in [1.165, 1.54) is 0 Å². The van der Waals surface area contributed by atoms with Gasteiger partial charge in [0.15, 0.2) is 0 Å². The maximum Gasteiger partial charge on any atom is 0.522 e. The number of ether oxygens (including phenoxy) is 3. The minimum atomic E-state index is -4.93. The molecular formula is C8H8F6O5. The van der Waals surface area contributed by atoms with Gasteiger partial charge in [0.1, 0.15) is 0 Å². The van der Waals surface area contributed by atoms with Crippen LogP contribution in [0.2, 0.25) is 0 Å². The monoisotopic (exact) mass is 298 g/mol. The average Bonchev–Trinajstić information content (AvgIpc) is 2.12. The zero-order valence-electron chi connectivity index (χ0n) is 9.14. The molecule has 0 aliphatic rings. The van der Waals surface area contributed by atoms with Crippen LogP contribution in [0.25, 0.3) is 0 Å². The number of rotatable bonds is 6. The van der Waals surface area contributed by atoms with Crippen LogP contribution in [-0.4, -0.2) is 37.9 Å². The molecule has 0 amide bonds. The first kappa shape index (κ1) is 17.6. The Hall–Kier alpha value is -1.36. The summed E-state index contributed by atoms with van der Waals surface area (Å²) >= 11 is 0. The van der Waals surface area contributed by atoms with E-state index in [0.717, 1.165) is 0 Å². The minimum absolute atomic E-state index is 0.870. The van der Waals surface area contributed by atoms with Crippen molar-refractivity contribution in [1.29, 1.82) is 0 Å². The quantitative estimate of drug-likeness (QED) is 0.426. The van der Waals surface area contributed by atoms with Gasteiger partial charge in [0, 0.05) is 0 Å². The zero-order chi connectivity index (χ0) is 15.1. The molecule has 0 aliphatic heterocycles. The summed E-state index contributed by atoms with van der Waals surface area (Å²) in [6, 6.07) is 0. The molecule has 0 saturated heterocycles. The van der Waals surface area contributed by atoms with Crippen molar-refractivity contribution in [2.75, 3.05) is 13.2 Å². The molecule has 0 heterocycles. The maximum absolute atomic E-state index is 11.5. The van der Waals surface area contributed by atoms with Gasteiger partial charge in [-0.15, -0.1) is 26.3 Å². The second-order valence-electron chi connectivity index (χ2n) is 2.93. The molecule has 0 fully saturated rings. The third-order valence-corrected chi connectivity index (χ3v) is 1.37. The Labute approximate surface area is 102 Å². The van der Waals surface area contributed by atoms with Crippen LogP contribution < -0.4 is 0 Å². The summed E-state index contributed by atoms with van der Waals surface area (Å²) in [6.45, 7) is -2.12. The average molecular weight is 298 g/mol. The molecule has 0 bridgehead atoms. The molecule has 0 spiro atoms. The summed E-state index contributed by atoms with van der Waals surface area (Å²) in [5, 5.41) is 0. The smallest absolute Gasteiger partial charge is 0.393 e. The number of halogens is 6. The molecule has 0 rings (SSSR count). The molecule has 0 radical (unpaired) electrons. The number of alkyl halides is 6. The first-order chi connectivity index (χ1) is 8.49. The van der Waals surface area contributed by atoms with Gasteiger partial charge < -0.3 is 4.74 Å². The summed E-state index contributed by atoms with van der Waals surface area (Å²) in [6.07, 6.45) is -11.6. The van der Waals surface area contributed by atoms with Gasteiger partial charge in [-0.2, -0.15) is 0 Å². The van der Waals surface area contributed by atoms with Gasteiger partial charge in [-0.25, -0.2) is 0 Å². The summed E-state index contributed by atoms with van der Waals surface area (Å²) < 4.78 is 79.2. The largest absolute Gasteiger partial charge is 0.522 e. The van der Waals surface area contributed by atoms with Crippen molar-refractivity contribution in [3.63, 3.8) is 0 Å². The highest BCUT2D eigenvalue weighted by molar-refractivity contribution is 5.85. The number of carbonyl (C=O) groups is 2. The molecule has 0 atom stereocenters. The highest BCUT2D eigenvalue weighted by atomic mass is 19.4. The summed E-state index contributed by atoms with van der Waals surface area (Å²) in [5.74, 6) is -2.69. The van der Waals surface area contributed by atoms with Gasteiger partial charge in [-0.1, -0.05) is 0 Å². The Balaban J connectivity index is 3.73. The Morgan fingerprint density at radius 2 is 1.05 bits per heavy atom. The van der Waals surface area contributed by atoms with Crippen LogP contribution in [0, 0.1) is 0 Å². The third-order valence-electron chi connectivity index (χ3n) is 1.37. The predicted molar refractivity (Wildman–Crippen MR) is 44.3 cm³/mol. The lowest BCUT2D eigenvalue weighted by molar-refractivity contribution is -0.324. The highest BCUT2D eigenvalue weighted by Crippen LogP contribution is 2.17. The van der Waals surface area contributed by atoms with Crippen molar-refractivity contribution in [3.05, 3.63) is 0 Å². The summed E-state index contributed by atoms with van der Waals surface area (Å²) in [4.78, 5) is 21.5. The van der Waals surface area contributed by atoms with E-state index in [-0.39, 0.29) is 0 Å². The number of hydrogen-bond donors (Lipinski definition) is 0. The molecule has 0 aromatic heterocycles. The molecule has 0 aromatic carbocycles. The first-order valence-corrected chi connectivity index (χ1v) is 4.64. The van der Waals surface area contributed by atoms with Crippen molar-refractivity contribution >= 4 is 11.9 Å². The molecule has 0 aromatic rings. The number of hydrogen-bond acceptors (Lipinski definition) is 5. The Morgan fingerprint density at radius 3 is 1.32 bits per heavy atom. The van der Waals surface area contributed by atoms with Gasteiger partial charge in [0.25, 0.3) is 0 Å². The second-order valence-corrected chi connectivity index (χ2v) is 2.93. The molecule has 0 aliphatic carbocycles. The van der Waals surface area contributed by atoms with Gasteiger partial charge in [0.2, 0.25) is 0 Å². The van der Waals surface area contributed by atoms with Crippen molar-refractivity contribution < 1.29 is 50.1 Å². The molecule has 0 unspecified atom stereocenters. The van der Waals surface area contributed by atoms with E-state index < -0.39 is 50.7 Å². The number of carbonyl (C=O) groups excluding carboxylic acids is 2. The van der Waals surface area contributed by atoms with E-state index in [1.807, 2.05) is 0 Å². The SMILES string of the molecule is O=C(CCOC(F)(F)F)OC(=O)CCOC(F)(F)F. The fourth-order valence-corrected chi connectivity index (χ4v) is 0.729. The lowest BCUT2D eigenvalue weighted by Gasteiger charge is -2.07. The third kappa shape index (κ3) is 12.9. The first-order valence-electron chi connectivity index (χ1n) is 4.64. The molecule has 5 nitrogen and oxygen atoms in total. The van der Waals surface area contributed by atoms with Gasteiger partial charge >= 0.3 is 24.7 Å². The fourth-order valence-electron chi connectivity index (χ4n) is 0.729. The van der Waals surface area contributed by atoms with Crippen LogP contribution in [0.15, 0.2) is 0 Å². The zero-order valence-corrected chi connectivity index (χ0v) is 9.14. The Kier molecular flexibility index (Phi) is 6.76. The molecule has 112 valence electrons. The van der Waals surface area contributed by atoms with E-state index in [9.17, 15) is 35.9 Å². The van der Waals surface area contributed by atoms with Crippen LogP contribution >= 0.6 is 0 Å². The van der Waals surface area contributed by atoms with Crippen LogP contribution in [0.3, 0.4) is 0 Å². The van der Waals surface area contributed by atoms with Crippen molar-refractivity contribution in [2.45, 2.75) is 25.6 Å². The molecule has 0 N–H and O–H groups in total. The van der Waals surface area contributed by atoms with Crippen molar-refractivity contribution in [2.24, 2.45) is 0 Å². The molecule has 11 heteroatoms. The lowest BCUT2D eigenvalue weighted by atomic mass is 10.4. The standard InChI is InChI=1S/C8H8F6O5/c9-7(10,11)17-3-1-5(15)19-6(16)2-4-18-8(12,13)14/h1-4H2. The highest BCUT2D eigenvalue weighted by Gasteiger charge is 2.30. The topological polar surface area (TPSA) is 61.8 Å². The van der Waals surface area contributed by atoms with Gasteiger partial charge in [0.05, 0.1) is 26.1 Å².